The molecule has 2 fully saturated rings. The van der Waals surface area contributed by atoms with Crippen molar-refractivity contribution in [2.45, 2.75) is 71.3 Å². The lowest BCUT2D eigenvalue weighted by Crippen LogP contribution is -2.59. The number of esters is 1. The normalized spacial score (nSPS) is 25.3. The van der Waals surface area contributed by atoms with E-state index in [1.807, 2.05) is 0 Å². The number of carbonyl (C=O) groups excluding carboxylic acids is 2. The van der Waals surface area contributed by atoms with Gasteiger partial charge in [0, 0.05) is 18.5 Å². The molecule has 0 radical (unpaired) electrons. The highest BCUT2D eigenvalue weighted by atomic mass is 16.5. The van der Waals surface area contributed by atoms with Gasteiger partial charge in [0.1, 0.15) is 5.76 Å². The molecule has 1 aromatic rings. The fourth-order valence-electron chi connectivity index (χ4n) is 4.39. The first-order chi connectivity index (χ1) is 12.4. The zero-order valence-electron chi connectivity index (χ0n) is 16.0. The standard InChI is InChI=1S/C20H30N2O4/c1-20(2)14(11-17(20)21-18(23)19(24)25-3)10-15-12-16(26-22-15)9-13-7-5-4-6-8-13/h12-14,17H,4-11H2,1-3H3,(H,21,23)/t14-,17+/m1/s1. The summed E-state index contributed by atoms with van der Waals surface area (Å²) in [6.45, 7) is 4.23. The molecule has 6 heteroatoms. The Bertz CT molecular complexity index is 646. The maximum atomic E-state index is 11.7. The largest absolute Gasteiger partial charge is 0.462 e. The molecule has 1 N–H and O–H groups in total. The van der Waals surface area contributed by atoms with Crippen LogP contribution in [-0.4, -0.2) is 30.2 Å². The van der Waals surface area contributed by atoms with E-state index >= 15 is 0 Å². The van der Waals surface area contributed by atoms with Gasteiger partial charge in [-0.3, -0.25) is 4.79 Å². The van der Waals surface area contributed by atoms with Gasteiger partial charge < -0.3 is 14.6 Å². The molecule has 0 unspecified atom stereocenters. The molecule has 2 aliphatic rings. The van der Waals surface area contributed by atoms with Gasteiger partial charge in [0.25, 0.3) is 0 Å². The maximum Gasteiger partial charge on any atom is 0.396 e. The average molecular weight is 362 g/mol. The van der Waals surface area contributed by atoms with Crippen molar-refractivity contribution < 1.29 is 18.8 Å². The number of carbonyl (C=O) groups is 2. The summed E-state index contributed by atoms with van der Waals surface area (Å²) in [4.78, 5) is 23.0. The van der Waals surface area contributed by atoms with Gasteiger partial charge in [0.05, 0.1) is 12.8 Å². The predicted molar refractivity (Wildman–Crippen MR) is 96.3 cm³/mol. The minimum absolute atomic E-state index is 0.0206. The van der Waals surface area contributed by atoms with E-state index < -0.39 is 11.9 Å². The minimum Gasteiger partial charge on any atom is -0.462 e. The van der Waals surface area contributed by atoms with Crippen molar-refractivity contribution in [1.29, 1.82) is 0 Å². The SMILES string of the molecule is COC(=O)C(=O)N[C@H]1C[C@@H](Cc2cc(CC3CCCCC3)on2)C1(C)C. The van der Waals surface area contributed by atoms with Gasteiger partial charge in [-0.25, -0.2) is 4.79 Å². The number of aromatic nitrogens is 1. The van der Waals surface area contributed by atoms with Crippen LogP contribution in [0.1, 0.15) is 63.8 Å². The fraction of sp³-hybridized carbons (Fsp3) is 0.750. The van der Waals surface area contributed by atoms with Crippen LogP contribution in [-0.2, 0) is 27.2 Å². The Hall–Kier alpha value is -1.85. The monoisotopic (exact) mass is 362 g/mol. The van der Waals surface area contributed by atoms with Crippen LogP contribution in [0.15, 0.2) is 10.6 Å². The summed E-state index contributed by atoms with van der Waals surface area (Å²) in [6.07, 6.45) is 9.30. The molecule has 0 aliphatic heterocycles. The lowest BCUT2D eigenvalue weighted by molar-refractivity contribution is -0.154. The lowest BCUT2D eigenvalue weighted by Gasteiger charge is -2.52. The molecule has 0 saturated heterocycles. The van der Waals surface area contributed by atoms with Crippen molar-refractivity contribution in [3.05, 3.63) is 17.5 Å². The number of nitrogens with one attached hydrogen (secondary N) is 1. The van der Waals surface area contributed by atoms with Gasteiger partial charge in [0.2, 0.25) is 0 Å². The summed E-state index contributed by atoms with van der Waals surface area (Å²) in [7, 11) is 1.21. The topological polar surface area (TPSA) is 81.4 Å². The summed E-state index contributed by atoms with van der Waals surface area (Å²) in [5.41, 5.74) is 0.901. The quantitative estimate of drug-likeness (QED) is 0.643. The number of hydrogen-bond acceptors (Lipinski definition) is 5. The molecule has 26 heavy (non-hydrogen) atoms. The van der Waals surface area contributed by atoms with Crippen molar-refractivity contribution in [2.75, 3.05) is 7.11 Å². The van der Waals surface area contributed by atoms with Crippen LogP contribution in [0, 0.1) is 17.3 Å². The summed E-state index contributed by atoms with van der Waals surface area (Å²) in [5.74, 6) is 0.633. The van der Waals surface area contributed by atoms with Gasteiger partial charge in [0.15, 0.2) is 0 Å². The molecule has 0 aromatic carbocycles. The highest BCUT2D eigenvalue weighted by Crippen LogP contribution is 2.47. The van der Waals surface area contributed by atoms with E-state index in [4.69, 9.17) is 4.52 Å². The zero-order chi connectivity index (χ0) is 18.7. The second kappa shape index (κ2) is 7.80. The smallest absolute Gasteiger partial charge is 0.396 e. The van der Waals surface area contributed by atoms with Gasteiger partial charge >= 0.3 is 11.9 Å². The van der Waals surface area contributed by atoms with E-state index in [0.29, 0.717) is 5.92 Å². The molecule has 1 aromatic heterocycles. The van der Waals surface area contributed by atoms with Crippen molar-refractivity contribution in [2.24, 2.45) is 17.3 Å². The van der Waals surface area contributed by atoms with Crippen LogP contribution in [0.4, 0.5) is 0 Å². The molecule has 2 saturated carbocycles. The van der Waals surface area contributed by atoms with Crippen LogP contribution < -0.4 is 5.32 Å². The number of nitrogens with zero attached hydrogens (tertiary/aromatic N) is 1. The van der Waals surface area contributed by atoms with Gasteiger partial charge in [-0.05, 0) is 30.1 Å². The van der Waals surface area contributed by atoms with Crippen LogP contribution in [0.25, 0.3) is 0 Å². The number of rotatable bonds is 5. The van der Waals surface area contributed by atoms with Crippen LogP contribution >= 0.6 is 0 Å². The summed E-state index contributed by atoms with van der Waals surface area (Å²) in [5, 5.41) is 7.04. The van der Waals surface area contributed by atoms with E-state index in [1.165, 1.54) is 39.2 Å². The Morgan fingerprint density at radius 1 is 1.27 bits per heavy atom. The van der Waals surface area contributed by atoms with E-state index in [2.05, 4.69) is 35.1 Å². The van der Waals surface area contributed by atoms with Crippen molar-refractivity contribution in [3.63, 3.8) is 0 Å². The number of amides is 1. The summed E-state index contributed by atoms with van der Waals surface area (Å²) >= 11 is 0. The number of ether oxygens (including phenoxy) is 1. The van der Waals surface area contributed by atoms with E-state index in [9.17, 15) is 9.59 Å². The number of methoxy groups -OCH3 is 1. The average Bonchev–Trinajstić information content (AvgIpc) is 3.07. The van der Waals surface area contributed by atoms with Crippen LogP contribution in [0.2, 0.25) is 0 Å². The van der Waals surface area contributed by atoms with Gasteiger partial charge in [-0.2, -0.15) is 0 Å². The van der Waals surface area contributed by atoms with Crippen molar-refractivity contribution >= 4 is 11.9 Å². The predicted octanol–water partition coefficient (Wildman–Crippen LogP) is 3.04. The van der Waals surface area contributed by atoms with Gasteiger partial charge in [-0.15, -0.1) is 0 Å². The van der Waals surface area contributed by atoms with Crippen LogP contribution in [0.5, 0.6) is 0 Å². The first kappa shape index (κ1) is 18.9. The highest BCUT2D eigenvalue weighted by molar-refractivity contribution is 6.32. The first-order valence-corrected chi connectivity index (χ1v) is 9.73. The molecule has 144 valence electrons. The molecule has 2 aliphatic carbocycles. The zero-order valence-corrected chi connectivity index (χ0v) is 16.0. The fourth-order valence-corrected chi connectivity index (χ4v) is 4.39. The minimum atomic E-state index is -0.840. The molecule has 6 nitrogen and oxygen atoms in total. The third-order valence-electron chi connectivity index (χ3n) is 6.42. The Morgan fingerprint density at radius 2 is 2.00 bits per heavy atom. The van der Waals surface area contributed by atoms with Crippen molar-refractivity contribution in [3.8, 4) is 0 Å². The maximum absolute atomic E-state index is 11.7. The third kappa shape index (κ3) is 4.10. The second-order valence-corrected chi connectivity index (χ2v) is 8.47. The Balaban J connectivity index is 1.50. The Morgan fingerprint density at radius 3 is 2.65 bits per heavy atom. The highest BCUT2D eigenvalue weighted by Gasteiger charge is 2.49. The molecule has 1 heterocycles. The lowest BCUT2D eigenvalue weighted by atomic mass is 9.57. The molecule has 2 atom stereocenters. The molecular formula is C20H30N2O4. The van der Waals surface area contributed by atoms with Crippen LogP contribution in [0.3, 0.4) is 0 Å². The third-order valence-corrected chi connectivity index (χ3v) is 6.42. The van der Waals surface area contributed by atoms with E-state index in [0.717, 1.165) is 36.6 Å². The first-order valence-electron chi connectivity index (χ1n) is 9.73. The number of hydrogen-bond donors (Lipinski definition) is 1. The molecular weight excluding hydrogens is 332 g/mol. The summed E-state index contributed by atoms with van der Waals surface area (Å²) < 4.78 is 10.0. The summed E-state index contributed by atoms with van der Waals surface area (Å²) in [6, 6.07) is 2.08. The molecule has 3 rings (SSSR count). The molecule has 0 spiro atoms. The molecule has 1 amide bonds. The molecule has 0 bridgehead atoms. The van der Waals surface area contributed by atoms with E-state index in [1.54, 1.807) is 0 Å². The second-order valence-electron chi connectivity index (χ2n) is 8.47. The van der Waals surface area contributed by atoms with Gasteiger partial charge in [-0.1, -0.05) is 51.1 Å². The Kier molecular flexibility index (Phi) is 5.68. The van der Waals surface area contributed by atoms with Crippen molar-refractivity contribution in [1.82, 2.24) is 10.5 Å². The Labute approximate surface area is 155 Å². The van der Waals surface area contributed by atoms with E-state index in [-0.39, 0.29) is 11.5 Å².